The Bertz CT molecular complexity index is 1430. The number of carbonyl (C=O) groups is 1. The van der Waals surface area contributed by atoms with Gasteiger partial charge in [-0.2, -0.15) is 4.98 Å². The number of fused-ring (bicyclic) bond motifs is 1. The molecule has 2 fully saturated rings. The van der Waals surface area contributed by atoms with E-state index in [1.54, 1.807) is 6.20 Å². The van der Waals surface area contributed by atoms with Crippen LogP contribution in [-0.2, 0) is 11.3 Å². The molecular formula is C28H32N8O2. The number of hydrogen-bond acceptors (Lipinski definition) is 8. The van der Waals surface area contributed by atoms with E-state index in [2.05, 4.69) is 46.1 Å². The SMILES string of the molecule is CCOc1nccc(-c2ccc3nc(Nc4cc(CN5CCN(C(=O)C6CCC6)CC5)ccn4)[nH]c3c2)n1. The summed E-state index contributed by atoms with van der Waals surface area (Å²) >= 11 is 0. The molecule has 1 amide bonds. The molecule has 0 spiro atoms. The van der Waals surface area contributed by atoms with Crippen molar-refractivity contribution < 1.29 is 9.53 Å². The largest absolute Gasteiger partial charge is 0.464 e. The van der Waals surface area contributed by atoms with Crippen molar-refractivity contribution in [3.05, 3.63) is 54.4 Å². The lowest BCUT2D eigenvalue weighted by atomic mass is 9.84. The molecule has 1 saturated heterocycles. The molecular weight excluding hydrogens is 480 g/mol. The number of piperazine rings is 1. The number of nitrogens with zero attached hydrogens (tertiary/aromatic N) is 6. The molecule has 4 aromatic rings. The number of hydrogen-bond donors (Lipinski definition) is 2. The number of aromatic nitrogens is 5. The smallest absolute Gasteiger partial charge is 0.316 e. The number of anilines is 2. The molecule has 2 N–H and O–H groups in total. The van der Waals surface area contributed by atoms with Crippen molar-refractivity contribution in [2.45, 2.75) is 32.7 Å². The summed E-state index contributed by atoms with van der Waals surface area (Å²) in [6.45, 7) is 6.68. The van der Waals surface area contributed by atoms with Gasteiger partial charge in [0.05, 0.1) is 23.3 Å². The molecule has 1 aliphatic heterocycles. The topological polar surface area (TPSA) is 112 Å². The number of benzene rings is 1. The van der Waals surface area contributed by atoms with Gasteiger partial charge >= 0.3 is 6.01 Å². The van der Waals surface area contributed by atoms with Crippen molar-refractivity contribution in [3.8, 4) is 17.3 Å². The number of H-pyrrole nitrogens is 1. The standard InChI is InChI=1S/C28H32N8O2/c1-2-38-28-30-11-9-22(33-28)21-6-7-23-24(17-21)32-27(31-23)34-25-16-19(8-10-29-25)18-35-12-14-36(15-13-35)26(37)20-4-3-5-20/h6-11,16-17,20H,2-5,12-15,18H2,1H3,(H2,29,31,32,34). The van der Waals surface area contributed by atoms with Crippen molar-refractivity contribution in [2.75, 3.05) is 38.1 Å². The van der Waals surface area contributed by atoms with E-state index in [1.807, 2.05) is 43.5 Å². The second kappa shape index (κ2) is 10.7. The number of ether oxygens (including phenoxy) is 1. The summed E-state index contributed by atoms with van der Waals surface area (Å²) < 4.78 is 5.43. The zero-order valence-electron chi connectivity index (χ0n) is 21.6. The number of imidazole rings is 1. The van der Waals surface area contributed by atoms with Gasteiger partial charge in [-0.25, -0.2) is 15.0 Å². The van der Waals surface area contributed by atoms with Crippen molar-refractivity contribution in [3.63, 3.8) is 0 Å². The summed E-state index contributed by atoms with van der Waals surface area (Å²) in [5, 5.41) is 3.31. The molecule has 38 heavy (non-hydrogen) atoms. The maximum atomic E-state index is 12.5. The van der Waals surface area contributed by atoms with Crippen LogP contribution in [0.3, 0.4) is 0 Å². The first kappa shape index (κ1) is 24.3. The van der Waals surface area contributed by atoms with Crippen LogP contribution in [0.5, 0.6) is 6.01 Å². The molecule has 3 aromatic heterocycles. The number of amides is 1. The van der Waals surface area contributed by atoms with Crippen LogP contribution in [-0.4, -0.2) is 73.4 Å². The molecule has 0 unspecified atom stereocenters. The summed E-state index contributed by atoms with van der Waals surface area (Å²) in [6, 6.07) is 12.3. The van der Waals surface area contributed by atoms with Crippen LogP contribution < -0.4 is 10.1 Å². The number of rotatable bonds is 8. The fourth-order valence-corrected chi connectivity index (χ4v) is 4.99. The lowest BCUT2D eigenvalue weighted by molar-refractivity contribution is -0.140. The maximum absolute atomic E-state index is 12.5. The number of carbonyl (C=O) groups excluding carboxylic acids is 1. The van der Waals surface area contributed by atoms with Gasteiger partial charge in [0.1, 0.15) is 5.82 Å². The van der Waals surface area contributed by atoms with E-state index >= 15 is 0 Å². The van der Waals surface area contributed by atoms with E-state index in [4.69, 9.17) is 4.74 Å². The molecule has 1 aromatic carbocycles. The third kappa shape index (κ3) is 5.31. The average molecular weight is 513 g/mol. The number of pyridine rings is 1. The molecule has 4 heterocycles. The van der Waals surface area contributed by atoms with Crippen LogP contribution in [0.25, 0.3) is 22.3 Å². The van der Waals surface area contributed by atoms with Crippen LogP contribution in [0, 0.1) is 5.92 Å². The highest BCUT2D eigenvalue weighted by Gasteiger charge is 2.31. The molecule has 6 rings (SSSR count). The predicted octanol–water partition coefficient (Wildman–Crippen LogP) is 4.00. The number of nitrogens with one attached hydrogen (secondary N) is 2. The van der Waals surface area contributed by atoms with Gasteiger partial charge in [0.25, 0.3) is 0 Å². The first-order valence-electron chi connectivity index (χ1n) is 13.3. The van der Waals surface area contributed by atoms with Crippen LogP contribution >= 0.6 is 0 Å². The lowest BCUT2D eigenvalue weighted by Crippen LogP contribution is -2.50. The summed E-state index contributed by atoms with van der Waals surface area (Å²) in [4.78, 5) is 38.1. The molecule has 1 saturated carbocycles. The highest BCUT2D eigenvalue weighted by Crippen LogP contribution is 2.29. The first-order chi connectivity index (χ1) is 18.6. The van der Waals surface area contributed by atoms with Crippen LogP contribution in [0.1, 0.15) is 31.7 Å². The van der Waals surface area contributed by atoms with Gasteiger partial charge in [0.15, 0.2) is 0 Å². The van der Waals surface area contributed by atoms with Crippen molar-refractivity contribution in [1.29, 1.82) is 0 Å². The Morgan fingerprint density at radius 2 is 1.89 bits per heavy atom. The molecule has 0 atom stereocenters. The molecule has 10 heteroatoms. The normalized spacial score (nSPS) is 16.4. The Morgan fingerprint density at radius 1 is 1.05 bits per heavy atom. The lowest BCUT2D eigenvalue weighted by Gasteiger charge is -2.38. The van der Waals surface area contributed by atoms with E-state index in [0.717, 1.165) is 73.7 Å². The average Bonchev–Trinajstić information content (AvgIpc) is 3.30. The van der Waals surface area contributed by atoms with Gasteiger partial charge in [-0.05, 0) is 55.7 Å². The van der Waals surface area contributed by atoms with Gasteiger partial charge in [-0.15, -0.1) is 0 Å². The molecule has 1 aliphatic carbocycles. The third-order valence-corrected chi connectivity index (χ3v) is 7.30. The van der Waals surface area contributed by atoms with Crippen molar-refractivity contribution >= 4 is 28.7 Å². The van der Waals surface area contributed by atoms with E-state index in [0.29, 0.717) is 24.5 Å². The van der Waals surface area contributed by atoms with Crippen LogP contribution in [0.4, 0.5) is 11.8 Å². The highest BCUT2D eigenvalue weighted by atomic mass is 16.5. The molecule has 0 radical (unpaired) electrons. The molecule has 2 aliphatic rings. The van der Waals surface area contributed by atoms with Crippen LogP contribution in [0.2, 0.25) is 0 Å². The second-order valence-corrected chi connectivity index (χ2v) is 9.88. The highest BCUT2D eigenvalue weighted by molar-refractivity contribution is 5.83. The van der Waals surface area contributed by atoms with Gasteiger partial charge in [-0.1, -0.05) is 12.5 Å². The maximum Gasteiger partial charge on any atom is 0.316 e. The van der Waals surface area contributed by atoms with E-state index in [-0.39, 0.29) is 5.92 Å². The minimum Gasteiger partial charge on any atom is -0.464 e. The molecule has 10 nitrogen and oxygen atoms in total. The summed E-state index contributed by atoms with van der Waals surface area (Å²) in [5.74, 6) is 2.00. The Balaban J connectivity index is 1.09. The van der Waals surface area contributed by atoms with Crippen molar-refractivity contribution in [2.24, 2.45) is 5.92 Å². The summed E-state index contributed by atoms with van der Waals surface area (Å²) in [6.07, 6.45) is 6.85. The van der Waals surface area contributed by atoms with E-state index in [9.17, 15) is 4.79 Å². The van der Waals surface area contributed by atoms with Gasteiger partial charge < -0.3 is 19.9 Å². The zero-order valence-corrected chi connectivity index (χ0v) is 21.6. The Labute approximate surface area is 221 Å². The monoisotopic (exact) mass is 512 g/mol. The first-order valence-corrected chi connectivity index (χ1v) is 13.3. The Hall–Kier alpha value is -4.05. The molecule has 0 bridgehead atoms. The second-order valence-electron chi connectivity index (χ2n) is 9.88. The Kier molecular flexibility index (Phi) is 6.87. The fourth-order valence-electron chi connectivity index (χ4n) is 4.99. The summed E-state index contributed by atoms with van der Waals surface area (Å²) in [7, 11) is 0. The predicted molar refractivity (Wildman–Crippen MR) is 145 cm³/mol. The number of aromatic amines is 1. The van der Waals surface area contributed by atoms with E-state index in [1.165, 1.54) is 12.0 Å². The van der Waals surface area contributed by atoms with E-state index < -0.39 is 0 Å². The zero-order chi connectivity index (χ0) is 25.9. The van der Waals surface area contributed by atoms with Crippen molar-refractivity contribution in [1.82, 2.24) is 34.7 Å². The van der Waals surface area contributed by atoms with Gasteiger partial charge in [0.2, 0.25) is 11.9 Å². The quantitative estimate of drug-likeness (QED) is 0.364. The fraction of sp³-hybridized carbons (Fsp3) is 0.393. The third-order valence-electron chi connectivity index (χ3n) is 7.30. The summed E-state index contributed by atoms with van der Waals surface area (Å²) in [5.41, 5.74) is 4.66. The Morgan fingerprint density at radius 3 is 2.68 bits per heavy atom. The van der Waals surface area contributed by atoms with Gasteiger partial charge in [-0.3, -0.25) is 9.69 Å². The van der Waals surface area contributed by atoms with Crippen LogP contribution in [0.15, 0.2) is 48.8 Å². The minimum atomic E-state index is 0.278. The minimum absolute atomic E-state index is 0.278. The molecule has 196 valence electrons. The van der Waals surface area contributed by atoms with Gasteiger partial charge in [0, 0.05) is 56.6 Å².